The molecule has 126 valence electrons. The monoisotopic (exact) mass is 331 g/mol. The summed E-state index contributed by atoms with van der Waals surface area (Å²) in [6, 6.07) is 7.51. The van der Waals surface area contributed by atoms with Gasteiger partial charge in [-0.15, -0.1) is 0 Å². The number of allylic oxidation sites excluding steroid dienone is 1. The summed E-state index contributed by atoms with van der Waals surface area (Å²) >= 11 is 0. The van der Waals surface area contributed by atoms with Gasteiger partial charge in [0.2, 0.25) is 0 Å². The Morgan fingerprint density at radius 3 is 2.83 bits per heavy atom. The highest BCUT2D eigenvalue weighted by Gasteiger charge is 2.43. The van der Waals surface area contributed by atoms with Crippen molar-refractivity contribution in [3.63, 3.8) is 0 Å². The van der Waals surface area contributed by atoms with Gasteiger partial charge in [-0.1, -0.05) is 31.2 Å². The van der Waals surface area contributed by atoms with Crippen molar-refractivity contribution in [2.24, 2.45) is 0 Å². The maximum absolute atomic E-state index is 13.6. The Hall–Kier alpha value is -2.63. The van der Waals surface area contributed by atoms with E-state index in [1.807, 2.05) is 31.2 Å². The standard InChI is InChI=1S/C18H18FNO4/c1-3-10-6-4-5-7-11(10)14-15(17(21)23-2)12(8-19)20-13-9-24-18(22)16(13)14/h4-7,14,20H,3,8-9H2,1-2H3/t14-/m1/s1. The molecule has 0 spiro atoms. The van der Waals surface area contributed by atoms with Crippen molar-refractivity contribution in [1.82, 2.24) is 5.32 Å². The third kappa shape index (κ3) is 2.48. The minimum atomic E-state index is -0.861. The summed E-state index contributed by atoms with van der Waals surface area (Å²) in [4.78, 5) is 24.6. The van der Waals surface area contributed by atoms with Crippen molar-refractivity contribution in [2.45, 2.75) is 19.3 Å². The third-order valence-corrected chi connectivity index (χ3v) is 4.38. The van der Waals surface area contributed by atoms with E-state index >= 15 is 0 Å². The minimum absolute atomic E-state index is 0.0525. The zero-order chi connectivity index (χ0) is 17.3. The van der Waals surface area contributed by atoms with Crippen LogP contribution in [0.15, 0.2) is 46.8 Å². The van der Waals surface area contributed by atoms with Gasteiger partial charge in [0.05, 0.1) is 35.6 Å². The van der Waals surface area contributed by atoms with Crippen LogP contribution in [0.5, 0.6) is 0 Å². The SMILES string of the molecule is CCc1ccccc1[C@@H]1C(C(=O)OC)=C(CF)NC2=C1C(=O)OC2. The fraction of sp³-hybridized carbons (Fsp3) is 0.333. The molecule has 0 saturated heterocycles. The molecular weight excluding hydrogens is 313 g/mol. The number of hydrogen-bond acceptors (Lipinski definition) is 5. The number of dihydropyridines is 1. The molecular formula is C18H18FNO4. The summed E-state index contributed by atoms with van der Waals surface area (Å²) in [7, 11) is 1.24. The Balaban J connectivity index is 2.25. The average Bonchev–Trinajstić information content (AvgIpc) is 3.00. The fourth-order valence-corrected chi connectivity index (χ4v) is 3.29. The Morgan fingerprint density at radius 2 is 2.17 bits per heavy atom. The lowest BCUT2D eigenvalue weighted by molar-refractivity contribution is -0.136. The van der Waals surface area contributed by atoms with Gasteiger partial charge in [0, 0.05) is 0 Å². The van der Waals surface area contributed by atoms with E-state index in [0.29, 0.717) is 11.3 Å². The number of aryl methyl sites for hydroxylation is 1. The zero-order valence-corrected chi connectivity index (χ0v) is 13.5. The molecule has 6 heteroatoms. The number of methoxy groups -OCH3 is 1. The van der Waals surface area contributed by atoms with Crippen LogP contribution in [0.3, 0.4) is 0 Å². The number of esters is 2. The van der Waals surface area contributed by atoms with E-state index in [4.69, 9.17) is 9.47 Å². The smallest absolute Gasteiger partial charge is 0.337 e. The van der Waals surface area contributed by atoms with Gasteiger partial charge in [-0.25, -0.2) is 14.0 Å². The van der Waals surface area contributed by atoms with Crippen LogP contribution in [0.1, 0.15) is 24.0 Å². The molecule has 0 amide bonds. The third-order valence-electron chi connectivity index (χ3n) is 4.38. The molecule has 1 N–H and O–H groups in total. The van der Waals surface area contributed by atoms with Gasteiger partial charge in [-0.05, 0) is 17.5 Å². The van der Waals surface area contributed by atoms with Crippen LogP contribution in [0, 0.1) is 0 Å². The van der Waals surface area contributed by atoms with Crippen molar-refractivity contribution < 1.29 is 23.5 Å². The second kappa shape index (κ2) is 6.47. The first-order valence-electron chi connectivity index (χ1n) is 7.74. The van der Waals surface area contributed by atoms with Gasteiger partial charge in [0.15, 0.2) is 0 Å². The summed E-state index contributed by atoms with van der Waals surface area (Å²) in [5.41, 5.74) is 2.88. The van der Waals surface area contributed by atoms with Crippen LogP contribution in [0.2, 0.25) is 0 Å². The van der Waals surface area contributed by atoms with E-state index in [2.05, 4.69) is 5.32 Å². The number of carbonyl (C=O) groups excluding carboxylic acids is 2. The van der Waals surface area contributed by atoms with E-state index in [9.17, 15) is 14.0 Å². The van der Waals surface area contributed by atoms with Crippen molar-refractivity contribution in [1.29, 1.82) is 0 Å². The Morgan fingerprint density at radius 1 is 1.42 bits per heavy atom. The molecule has 2 aliphatic rings. The van der Waals surface area contributed by atoms with E-state index in [0.717, 1.165) is 17.5 Å². The molecule has 0 unspecified atom stereocenters. The Labute approximate surface area is 139 Å². The maximum Gasteiger partial charge on any atom is 0.337 e. The van der Waals surface area contributed by atoms with Crippen molar-refractivity contribution in [3.8, 4) is 0 Å². The number of ether oxygens (including phenoxy) is 2. The summed E-state index contributed by atoms with van der Waals surface area (Å²) < 4.78 is 23.5. The van der Waals surface area contributed by atoms with Crippen LogP contribution in [-0.4, -0.2) is 32.3 Å². The minimum Gasteiger partial charge on any atom is -0.466 e. The topological polar surface area (TPSA) is 64.6 Å². The number of halogens is 1. The molecule has 0 saturated carbocycles. The van der Waals surface area contributed by atoms with Gasteiger partial charge < -0.3 is 14.8 Å². The number of rotatable bonds is 4. The van der Waals surface area contributed by atoms with Crippen LogP contribution < -0.4 is 5.32 Å². The highest BCUT2D eigenvalue weighted by molar-refractivity contribution is 6.01. The van der Waals surface area contributed by atoms with Gasteiger partial charge in [-0.3, -0.25) is 0 Å². The predicted octanol–water partition coefficient (Wildman–Crippen LogP) is 2.14. The van der Waals surface area contributed by atoms with E-state index < -0.39 is 24.5 Å². The van der Waals surface area contributed by atoms with Crippen molar-refractivity contribution >= 4 is 11.9 Å². The second-order valence-corrected chi connectivity index (χ2v) is 5.60. The number of cyclic esters (lactones) is 1. The normalized spacial score (nSPS) is 19.8. The van der Waals surface area contributed by atoms with Gasteiger partial charge in [-0.2, -0.15) is 0 Å². The van der Waals surface area contributed by atoms with Gasteiger partial charge in [0.25, 0.3) is 0 Å². The first-order valence-corrected chi connectivity index (χ1v) is 7.74. The second-order valence-electron chi connectivity index (χ2n) is 5.60. The number of nitrogens with one attached hydrogen (secondary N) is 1. The lowest BCUT2D eigenvalue weighted by Gasteiger charge is -2.28. The molecule has 3 rings (SSSR count). The molecule has 1 atom stereocenters. The van der Waals surface area contributed by atoms with Gasteiger partial charge >= 0.3 is 11.9 Å². The quantitative estimate of drug-likeness (QED) is 0.857. The Kier molecular flexibility index (Phi) is 4.38. The summed E-state index contributed by atoms with van der Waals surface area (Å²) in [5, 5.41) is 2.84. The molecule has 2 heterocycles. The fourth-order valence-electron chi connectivity index (χ4n) is 3.29. The molecule has 5 nitrogen and oxygen atoms in total. The van der Waals surface area contributed by atoms with Crippen molar-refractivity contribution in [3.05, 3.63) is 57.9 Å². The summed E-state index contributed by atoms with van der Waals surface area (Å²) in [6.07, 6.45) is 0.719. The molecule has 2 aliphatic heterocycles. The van der Waals surface area contributed by atoms with Crippen LogP contribution in [0.25, 0.3) is 0 Å². The molecule has 24 heavy (non-hydrogen) atoms. The largest absolute Gasteiger partial charge is 0.466 e. The highest BCUT2D eigenvalue weighted by Crippen LogP contribution is 2.42. The van der Waals surface area contributed by atoms with E-state index in [1.54, 1.807) is 0 Å². The van der Waals surface area contributed by atoms with E-state index in [1.165, 1.54) is 7.11 Å². The summed E-state index contributed by atoms with van der Waals surface area (Å²) in [5.74, 6) is -1.84. The predicted molar refractivity (Wildman–Crippen MR) is 84.7 cm³/mol. The van der Waals surface area contributed by atoms with Gasteiger partial charge in [0.1, 0.15) is 13.3 Å². The first-order chi connectivity index (χ1) is 11.6. The number of carbonyl (C=O) groups is 2. The van der Waals surface area contributed by atoms with Crippen LogP contribution in [0.4, 0.5) is 4.39 Å². The molecule has 1 aromatic rings. The molecule has 0 aliphatic carbocycles. The molecule has 0 fully saturated rings. The maximum atomic E-state index is 13.6. The Bertz CT molecular complexity index is 766. The zero-order valence-electron chi connectivity index (χ0n) is 13.5. The lowest BCUT2D eigenvalue weighted by Crippen LogP contribution is -2.32. The van der Waals surface area contributed by atoms with Crippen molar-refractivity contribution in [2.75, 3.05) is 20.4 Å². The number of hydrogen-bond donors (Lipinski definition) is 1. The number of alkyl halides is 1. The van der Waals surface area contributed by atoms with E-state index in [-0.39, 0.29) is 17.9 Å². The van der Waals surface area contributed by atoms with Crippen LogP contribution >= 0.6 is 0 Å². The molecule has 0 bridgehead atoms. The summed E-state index contributed by atoms with van der Waals surface area (Å²) in [6.45, 7) is 1.18. The lowest BCUT2D eigenvalue weighted by atomic mass is 9.78. The highest BCUT2D eigenvalue weighted by atomic mass is 19.1. The van der Waals surface area contributed by atoms with Crippen LogP contribution in [-0.2, 0) is 25.5 Å². The molecule has 1 aromatic carbocycles. The molecule has 0 radical (unpaired) electrons. The number of benzene rings is 1. The molecule has 0 aromatic heterocycles. The average molecular weight is 331 g/mol. The first kappa shape index (κ1) is 16.2.